The summed E-state index contributed by atoms with van der Waals surface area (Å²) in [6.07, 6.45) is 2.03. The fourth-order valence-corrected chi connectivity index (χ4v) is 2.58. The van der Waals surface area contributed by atoms with Crippen molar-refractivity contribution in [2.24, 2.45) is 0 Å². The molecule has 2 aromatic carbocycles. The molecule has 0 fully saturated rings. The second kappa shape index (κ2) is 5.70. The van der Waals surface area contributed by atoms with Gasteiger partial charge in [-0.1, -0.05) is 39.7 Å². The first-order valence-corrected chi connectivity index (χ1v) is 7.09. The maximum Gasteiger partial charge on any atom is 0.126 e. The lowest BCUT2D eigenvalue weighted by Gasteiger charge is -2.12. The fraction of sp³-hybridized carbons (Fsp3) is 0.176. The lowest BCUT2D eigenvalue weighted by atomic mass is 9.93. The predicted octanol–water partition coefficient (Wildman–Crippen LogP) is 5.78. The van der Waals surface area contributed by atoms with Crippen LogP contribution in [0.4, 0.5) is 4.39 Å². The molecule has 0 atom stereocenters. The first-order chi connectivity index (χ1) is 9.02. The number of aryl methyl sites for hydroxylation is 3. The molecule has 98 valence electrons. The van der Waals surface area contributed by atoms with Crippen LogP contribution in [0.25, 0.3) is 17.2 Å². The van der Waals surface area contributed by atoms with Gasteiger partial charge in [0.25, 0.3) is 0 Å². The molecule has 0 heterocycles. The minimum Gasteiger partial charge on any atom is -0.207 e. The van der Waals surface area contributed by atoms with Gasteiger partial charge in [0.05, 0.1) is 0 Å². The number of hydrogen-bond acceptors (Lipinski definition) is 0. The van der Waals surface area contributed by atoms with E-state index >= 15 is 0 Å². The molecule has 2 aromatic rings. The fourth-order valence-electron chi connectivity index (χ4n) is 2.31. The summed E-state index contributed by atoms with van der Waals surface area (Å²) in [5.74, 6) is -0.161. The van der Waals surface area contributed by atoms with E-state index in [9.17, 15) is 4.39 Å². The molecule has 0 spiro atoms. The molecule has 19 heavy (non-hydrogen) atoms. The molecule has 2 rings (SSSR count). The first kappa shape index (κ1) is 14.0. The van der Waals surface area contributed by atoms with E-state index in [0.29, 0.717) is 5.56 Å². The van der Waals surface area contributed by atoms with Gasteiger partial charge < -0.3 is 0 Å². The summed E-state index contributed by atoms with van der Waals surface area (Å²) in [7, 11) is 0. The van der Waals surface area contributed by atoms with E-state index in [0.717, 1.165) is 16.7 Å². The van der Waals surface area contributed by atoms with E-state index in [-0.39, 0.29) is 5.82 Å². The quantitative estimate of drug-likeness (QED) is 0.658. The molecule has 0 nitrogen and oxygen atoms in total. The second-order valence-corrected chi connectivity index (χ2v) is 5.33. The van der Waals surface area contributed by atoms with Crippen LogP contribution in [0.1, 0.15) is 22.3 Å². The van der Waals surface area contributed by atoms with Crippen LogP contribution < -0.4 is 0 Å². The molecule has 0 amide bonds. The van der Waals surface area contributed by atoms with Crippen LogP contribution >= 0.6 is 15.9 Å². The summed E-state index contributed by atoms with van der Waals surface area (Å²) in [4.78, 5) is 1.85. The van der Waals surface area contributed by atoms with Gasteiger partial charge in [0.1, 0.15) is 5.82 Å². The lowest BCUT2D eigenvalue weighted by Crippen LogP contribution is -1.91. The Labute approximate surface area is 122 Å². The van der Waals surface area contributed by atoms with E-state index in [1.54, 1.807) is 6.92 Å². The Hall–Kier alpha value is -1.41. The van der Waals surface area contributed by atoms with Gasteiger partial charge in [-0.25, -0.2) is 4.39 Å². The molecule has 0 aliphatic rings. The standard InChI is InChI=1S/C17H16BrF/c1-11-8-12(2)15(6-7-18)16(9-11)14-4-5-17(19)13(3)10-14/h4-10H,1-3H3. The third-order valence-corrected chi connectivity index (χ3v) is 3.49. The summed E-state index contributed by atoms with van der Waals surface area (Å²) in [6, 6.07) is 9.56. The molecule has 0 saturated heterocycles. The van der Waals surface area contributed by atoms with Gasteiger partial charge in [0.2, 0.25) is 0 Å². The maximum atomic E-state index is 13.4. The van der Waals surface area contributed by atoms with Gasteiger partial charge in [-0.2, -0.15) is 0 Å². The van der Waals surface area contributed by atoms with Gasteiger partial charge in [0, 0.05) is 0 Å². The van der Waals surface area contributed by atoms with Crippen LogP contribution in [0, 0.1) is 26.6 Å². The zero-order chi connectivity index (χ0) is 14.0. The summed E-state index contributed by atoms with van der Waals surface area (Å²) < 4.78 is 13.4. The van der Waals surface area contributed by atoms with Gasteiger partial charge in [-0.3, -0.25) is 0 Å². The minimum atomic E-state index is -0.161. The average Bonchev–Trinajstić information content (AvgIpc) is 2.36. The highest BCUT2D eigenvalue weighted by Crippen LogP contribution is 2.30. The molecule has 0 unspecified atom stereocenters. The van der Waals surface area contributed by atoms with Crippen molar-refractivity contribution in [2.45, 2.75) is 20.8 Å². The molecule has 0 N–H and O–H groups in total. The van der Waals surface area contributed by atoms with Crippen LogP contribution in [0.5, 0.6) is 0 Å². The molecule has 0 radical (unpaired) electrons. The van der Waals surface area contributed by atoms with E-state index in [2.05, 4.69) is 41.9 Å². The van der Waals surface area contributed by atoms with Crippen LogP contribution in [-0.2, 0) is 0 Å². The van der Waals surface area contributed by atoms with Crippen molar-refractivity contribution in [2.75, 3.05) is 0 Å². The Kier molecular flexibility index (Phi) is 4.20. The Morgan fingerprint density at radius 1 is 1.00 bits per heavy atom. The van der Waals surface area contributed by atoms with Gasteiger partial charge in [0.15, 0.2) is 0 Å². The van der Waals surface area contributed by atoms with Crippen LogP contribution in [-0.4, -0.2) is 0 Å². The van der Waals surface area contributed by atoms with Gasteiger partial charge in [-0.05, 0) is 71.8 Å². The van der Waals surface area contributed by atoms with Crippen LogP contribution in [0.3, 0.4) is 0 Å². The highest BCUT2D eigenvalue weighted by atomic mass is 79.9. The lowest BCUT2D eigenvalue weighted by molar-refractivity contribution is 0.619. The van der Waals surface area contributed by atoms with E-state index in [1.165, 1.54) is 17.2 Å². The third-order valence-electron chi connectivity index (χ3n) is 3.23. The van der Waals surface area contributed by atoms with E-state index in [4.69, 9.17) is 0 Å². The van der Waals surface area contributed by atoms with Crippen LogP contribution in [0.2, 0.25) is 0 Å². The van der Waals surface area contributed by atoms with Crippen molar-refractivity contribution < 1.29 is 4.39 Å². The largest absolute Gasteiger partial charge is 0.207 e. The first-order valence-electron chi connectivity index (χ1n) is 6.17. The Morgan fingerprint density at radius 2 is 1.74 bits per heavy atom. The topological polar surface area (TPSA) is 0 Å². The predicted molar refractivity (Wildman–Crippen MR) is 84.0 cm³/mol. The van der Waals surface area contributed by atoms with Crippen molar-refractivity contribution >= 4 is 22.0 Å². The molecular formula is C17H16BrF. The smallest absolute Gasteiger partial charge is 0.126 e. The molecule has 0 aromatic heterocycles. The van der Waals surface area contributed by atoms with Crippen molar-refractivity contribution in [3.8, 4) is 11.1 Å². The summed E-state index contributed by atoms with van der Waals surface area (Å²) in [5, 5.41) is 0. The maximum absolute atomic E-state index is 13.4. The third kappa shape index (κ3) is 2.95. The molecule has 0 aliphatic carbocycles. The molecule has 2 heteroatoms. The zero-order valence-electron chi connectivity index (χ0n) is 11.3. The highest BCUT2D eigenvalue weighted by Gasteiger charge is 2.08. The number of rotatable bonds is 2. The number of benzene rings is 2. The number of halogens is 2. The highest BCUT2D eigenvalue weighted by molar-refractivity contribution is 9.11. The normalized spacial score (nSPS) is 11.2. The van der Waals surface area contributed by atoms with E-state index in [1.807, 2.05) is 23.2 Å². The summed E-state index contributed by atoms with van der Waals surface area (Å²) in [5.41, 5.74) is 6.44. The summed E-state index contributed by atoms with van der Waals surface area (Å²) >= 11 is 3.33. The molecular weight excluding hydrogens is 303 g/mol. The zero-order valence-corrected chi connectivity index (χ0v) is 12.9. The Morgan fingerprint density at radius 3 is 2.37 bits per heavy atom. The second-order valence-electron chi connectivity index (χ2n) is 4.80. The van der Waals surface area contributed by atoms with Crippen LogP contribution in [0.15, 0.2) is 35.3 Å². The molecule has 0 saturated carbocycles. The summed E-state index contributed by atoms with van der Waals surface area (Å²) in [6.45, 7) is 5.96. The number of hydrogen-bond donors (Lipinski definition) is 0. The monoisotopic (exact) mass is 318 g/mol. The van der Waals surface area contributed by atoms with Crippen molar-refractivity contribution in [3.63, 3.8) is 0 Å². The SMILES string of the molecule is Cc1cc(C)c(C=CBr)c(-c2ccc(F)c(C)c2)c1. The van der Waals surface area contributed by atoms with Crippen molar-refractivity contribution in [1.82, 2.24) is 0 Å². The Bertz CT molecular complexity index is 642. The van der Waals surface area contributed by atoms with Gasteiger partial charge >= 0.3 is 0 Å². The van der Waals surface area contributed by atoms with E-state index < -0.39 is 0 Å². The Balaban J connectivity index is 2.69. The average molecular weight is 319 g/mol. The molecule has 0 aliphatic heterocycles. The van der Waals surface area contributed by atoms with Gasteiger partial charge in [-0.15, -0.1) is 0 Å². The van der Waals surface area contributed by atoms with Crippen molar-refractivity contribution in [1.29, 1.82) is 0 Å². The minimum absolute atomic E-state index is 0.161. The van der Waals surface area contributed by atoms with Crippen molar-refractivity contribution in [3.05, 3.63) is 63.4 Å². The molecule has 0 bridgehead atoms.